The Labute approximate surface area is 192 Å². The molecule has 5 heterocycles. The highest BCUT2D eigenvalue weighted by Crippen LogP contribution is 2.38. The molecule has 2 fully saturated rings. The molecule has 3 aliphatic rings. The zero-order chi connectivity index (χ0) is 22.4. The standard InChI is InChI=1S/C25H27FN6O/c26-24-20-6-1-5-17(28-20)14-22(24)32-11-3-4-16-12-21(30-31-25(16)32)18-9-8-15(13-23(18)33)19-7-2-10-27-29-19/h2,7-10,12-13,17,20,22,24,28,33H,1,3-6,11,14H2/t17-,20-,22+,24-/m1/s1. The fourth-order valence-electron chi connectivity index (χ4n) is 5.69. The average Bonchev–Trinajstić information content (AvgIpc) is 2.86. The molecule has 170 valence electrons. The van der Waals surface area contributed by atoms with Gasteiger partial charge in [0.25, 0.3) is 0 Å². The Hall–Kier alpha value is -3.13. The molecule has 3 aliphatic heterocycles. The first-order valence-electron chi connectivity index (χ1n) is 11.8. The number of alkyl halides is 1. The van der Waals surface area contributed by atoms with Gasteiger partial charge in [-0.3, -0.25) is 0 Å². The number of hydrogen-bond acceptors (Lipinski definition) is 7. The minimum atomic E-state index is -0.897. The van der Waals surface area contributed by atoms with Crippen LogP contribution in [0.1, 0.15) is 37.7 Å². The van der Waals surface area contributed by atoms with Gasteiger partial charge < -0.3 is 15.3 Å². The van der Waals surface area contributed by atoms with Crippen LogP contribution in [-0.2, 0) is 6.42 Å². The van der Waals surface area contributed by atoms with Crippen molar-refractivity contribution in [1.82, 2.24) is 25.7 Å². The quantitative estimate of drug-likeness (QED) is 0.635. The van der Waals surface area contributed by atoms with E-state index in [1.54, 1.807) is 12.3 Å². The van der Waals surface area contributed by atoms with Crippen LogP contribution in [0.15, 0.2) is 42.6 Å². The van der Waals surface area contributed by atoms with Gasteiger partial charge in [-0.15, -0.1) is 10.2 Å². The number of nitrogens with one attached hydrogen (secondary N) is 1. The van der Waals surface area contributed by atoms with Crippen LogP contribution < -0.4 is 10.2 Å². The van der Waals surface area contributed by atoms with Gasteiger partial charge in [-0.1, -0.05) is 12.5 Å². The molecule has 0 unspecified atom stereocenters. The molecule has 0 radical (unpaired) electrons. The molecule has 1 aromatic carbocycles. The number of halogens is 1. The van der Waals surface area contributed by atoms with E-state index < -0.39 is 6.17 Å². The summed E-state index contributed by atoms with van der Waals surface area (Å²) in [5.41, 5.74) is 3.79. The number of aromatic hydroxyl groups is 1. The lowest BCUT2D eigenvalue weighted by atomic mass is 9.81. The number of piperidine rings is 2. The zero-order valence-corrected chi connectivity index (χ0v) is 18.4. The maximum atomic E-state index is 15.4. The first-order chi connectivity index (χ1) is 16.2. The highest BCUT2D eigenvalue weighted by molar-refractivity contribution is 5.73. The number of phenolic OH excluding ortho intramolecular Hbond substituents is 1. The van der Waals surface area contributed by atoms with Crippen molar-refractivity contribution in [3.05, 3.63) is 48.2 Å². The smallest absolute Gasteiger partial charge is 0.154 e. The predicted octanol–water partition coefficient (Wildman–Crippen LogP) is 3.68. The van der Waals surface area contributed by atoms with Crippen molar-refractivity contribution >= 4 is 5.82 Å². The second kappa shape index (κ2) is 8.33. The van der Waals surface area contributed by atoms with E-state index in [1.807, 2.05) is 30.3 Å². The van der Waals surface area contributed by atoms with E-state index in [4.69, 9.17) is 0 Å². The molecule has 3 aromatic rings. The van der Waals surface area contributed by atoms with Crippen LogP contribution in [0.3, 0.4) is 0 Å². The Bertz CT molecular complexity index is 1160. The van der Waals surface area contributed by atoms with Crippen LogP contribution in [0.2, 0.25) is 0 Å². The molecule has 6 rings (SSSR count). The van der Waals surface area contributed by atoms with E-state index in [1.165, 1.54) is 0 Å². The number of hydrogen-bond donors (Lipinski definition) is 2. The van der Waals surface area contributed by atoms with Crippen molar-refractivity contribution in [3.63, 3.8) is 0 Å². The summed E-state index contributed by atoms with van der Waals surface area (Å²) in [5.74, 6) is 0.920. The molecule has 0 saturated carbocycles. The summed E-state index contributed by atoms with van der Waals surface area (Å²) in [6.45, 7) is 0.809. The van der Waals surface area contributed by atoms with E-state index in [9.17, 15) is 5.11 Å². The highest BCUT2D eigenvalue weighted by Gasteiger charge is 2.43. The second-order valence-corrected chi connectivity index (χ2v) is 9.36. The SMILES string of the molecule is Oc1cc(-c2cccnn2)ccc1-c1cc2c(nn1)N([C@H]1C[C@H]3CCC[C@@H](N3)[C@H]1F)CCC2. The average molecular weight is 447 g/mol. The van der Waals surface area contributed by atoms with E-state index in [0.29, 0.717) is 23.0 Å². The molecular weight excluding hydrogens is 419 g/mol. The minimum Gasteiger partial charge on any atom is -0.507 e. The van der Waals surface area contributed by atoms with Crippen molar-refractivity contribution in [2.24, 2.45) is 0 Å². The van der Waals surface area contributed by atoms with Gasteiger partial charge in [0.1, 0.15) is 11.9 Å². The van der Waals surface area contributed by atoms with E-state index in [2.05, 4.69) is 30.6 Å². The lowest BCUT2D eigenvalue weighted by Gasteiger charge is -2.48. The summed E-state index contributed by atoms with van der Waals surface area (Å²) in [6, 6.07) is 11.3. The number of anilines is 1. The lowest BCUT2D eigenvalue weighted by Crippen LogP contribution is -2.62. The summed E-state index contributed by atoms with van der Waals surface area (Å²) in [7, 11) is 0. The maximum absolute atomic E-state index is 15.4. The van der Waals surface area contributed by atoms with Crippen LogP contribution >= 0.6 is 0 Å². The number of benzene rings is 1. The highest BCUT2D eigenvalue weighted by atomic mass is 19.1. The number of fused-ring (bicyclic) bond motifs is 3. The molecule has 0 amide bonds. The molecule has 4 atom stereocenters. The van der Waals surface area contributed by atoms with E-state index in [0.717, 1.165) is 62.0 Å². The van der Waals surface area contributed by atoms with Gasteiger partial charge in [0.05, 0.1) is 17.4 Å². The van der Waals surface area contributed by atoms with Gasteiger partial charge in [0, 0.05) is 36.0 Å². The molecule has 8 heteroatoms. The summed E-state index contributed by atoms with van der Waals surface area (Å²) < 4.78 is 15.4. The van der Waals surface area contributed by atoms with Crippen molar-refractivity contribution < 1.29 is 9.50 Å². The second-order valence-electron chi connectivity index (χ2n) is 9.36. The maximum Gasteiger partial charge on any atom is 0.154 e. The summed E-state index contributed by atoms with van der Waals surface area (Å²) in [6.07, 6.45) is 6.50. The molecular formula is C25H27FN6O. The monoisotopic (exact) mass is 446 g/mol. The predicted molar refractivity (Wildman–Crippen MR) is 124 cm³/mol. The third-order valence-electron chi connectivity index (χ3n) is 7.31. The van der Waals surface area contributed by atoms with Gasteiger partial charge in [-0.05, 0) is 68.0 Å². The Morgan fingerprint density at radius 1 is 1.03 bits per heavy atom. The van der Waals surface area contributed by atoms with Crippen LogP contribution in [0, 0.1) is 0 Å². The Morgan fingerprint density at radius 2 is 1.97 bits per heavy atom. The van der Waals surface area contributed by atoms with Crippen LogP contribution in [0.4, 0.5) is 10.2 Å². The van der Waals surface area contributed by atoms with Gasteiger partial charge in [0.2, 0.25) is 0 Å². The molecule has 2 saturated heterocycles. The topological polar surface area (TPSA) is 87.1 Å². The minimum absolute atomic E-state index is 0.0510. The fourth-order valence-corrected chi connectivity index (χ4v) is 5.69. The van der Waals surface area contributed by atoms with Crippen molar-refractivity contribution in [2.75, 3.05) is 11.4 Å². The van der Waals surface area contributed by atoms with Gasteiger partial charge in [-0.2, -0.15) is 10.2 Å². The van der Waals surface area contributed by atoms with Crippen molar-refractivity contribution in [2.45, 2.75) is 62.8 Å². The summed E-state index contributed by atoms with van der Waals surface area (Å²) in [5, 5.41) is 31.2. The lowest BCUT2D eigenvalue weighted by molar-refractivity contribution is 0.104. The fraction of sp³-hybridized carbons (Fsp3) is 0.440. The molecule has 7 nitrogen and oxygen atoms in total. The number of nitrogens with zero attached hydrogens (tertiary/aromatic N) is 5. The molecule has 2 aromatic heterocycles. The Morgan fingerprint density at radius 3 is 2.82 bits per heavy atom. The normalized spacial score (nSPS) is 26.6. The molecule has 2 bridgehead atoms. The largest absolute Gasteiger partial charge is 0.507 e. The first kappa shape index (κ1) is 20.5. The number of phenols is 1. The van der Waals surface area contributed by atoms with E-state index >= 15 is 4.39 Å². The van der Waals surface area contributed by atoms with Crippen molar-refractivity contribution in [1.29, 1.82) is 0 Å². The van der Waals surface area contributed by atoms with Crippen LogP contribution in [0.25, 0.3) is 22.5 Å². The number of aryl methyl sites for hydroxylation is 1. The first-order valence-corrected chi connectivity index (χ1v) is 11.8. The molecule has 0 aliphatic carbocycles. The molecule has 0 spiro atoms. The molecule has 2 N–H and O–H groups in total. The third kappa shape index (κ3) is 3.72. The third-order valence-corrected chi connectivity index (χ3v) is 7.31. The van der Waals surface area contributed by atoms with Gasteiger partial charge in [0.15, 0.2) is 5.82 Å². The Kier molecular flexibility index (Phi) is 5.17. The van der Waals surface area contributed by atoms with Crippen LogP contribution in [0.5, 0.6) is 5.75 Å². The summed E-state index contributed by atoms with van der Waals surface area (Å²) >= 11 is 0. The summed E-state index contributed by atoms with van der Waals surface area (Å²) in [4.78, 5) is 2.16. The van der Waals surface area contributed by atoms with Crippen molar-refractivity contribution in [3.8, 4) is 28.3 Å². The van der Waals surface area contributed by atoms with Gasteiger partial charge >= 0.3 is 0 Å². The number of aromatic nitrogens is 4. The molecule has 33 heavy (non-hydrogen) atoms. The van der Waals surface area contributed by atoms with Gasteiger partial charge in [-0.25, -0.2) is 4.39 Å². The Balaban J connectivity index is 1.30. The van der Waals surface area contributed by atoms with Crippen LogP contribution in [-0.4, -0.2) is 56.3 Å². The number of rotatable bonds is 3. The zero-order valence-electron chi connectivity index (χ0n) is 18.4. The van der Waals surface area contributed by atoms with E-state index in [-0.39, 0.29) is 17.8 Å².